The lowest BCUT2D eigenvalue weighted by atomic mass is 9.88. The van der Waals surface area contributed by atoms with E-state index in [1.54, 1.807) is 13.4 Å². The van der Waals surface area contributed by atoms with Crippen LogP contribution in [0.5, 0.6) is 0 Å². The fourth-order valence-corrected chi connectivity index (χ4v) is 2.80. The number of hydrogen-bond acceptors (Lipinski definition) is 3. The van der Waals surface area contributed by atoms with Crippen LogP contribution in [0.25, 0.3) is 5.57 Å². The van der Waals surface area contributed by atoms with E-state index in [2.05, 4.69) is 28.2 Å². The van der Waals surface area contributed by atoms with Crippen molar-refractivity contribution in [3.05, 3.63) is 53.6 Å². The van der Waals surface area contributed by atoms with E-state index in [1.165, 1.54) is 28.7 Å². The first-order chi connectivity index (χ1) is 10.7. The summed E-state index contributed by atoms with van der Waals surface area (Å²) in [5.74, 6) is 0. The number of carbonyl (C=O) groups excluding carboxylic acids is 1. The topological polar surface area (TPSA) is 58.2 Å². The van der Waals surface area contributed by atoms with Crippen molar-refractivity contribution in [3.63, 3.8) is 0 Å². The van der Waals surface area contributed by atoms with E-state index in [0.717, 1.165) is 30.6 Å². The number of rotatable bonds is 3. The number of anilines is 1. The van der Waals surface area contributed by atoms with Crippen molar-refractivity contribution in [1.29, 1.82) is 0 Å². The molecule has 0 radical (unpaired) electrons. The quantitative estimate of drug-likeness (QED) is 0.946. The van der Waals surface area contributed by atoms with Gasteiger partial charge >= 0.3 is 6.09 Å². The van der Waals surface area contributed by atoms with Gasteiger partial charge in [-0.05, 0) is 41.7 Å². The molecular weight excluding hydrogens is 278 g/mol. The molecule has 5 nitrogen and oxygen atoms in total. The number of carbonyl (C=O) groups is 1. The van der Waals surface area contributed by atoms with Crippen molar-refractivity contribution in [2.24, 2.45) is 0 Å². The maximum atomic E-state index is 11.7. The average molecular weight is 297 g/mol. The predicted molar refractivity (Wildman–Crippen MR) is 85.8 cm³/mol. The minimum absolute atomic E-state index is 0.366. The highest BCUT2D eigenvalue weighted by Crippen LogP contribution is 2.32. The standard InChI is InChI=1S/C17H19N3O2/c1-20(17(21)22-2)15-7-6-12-4-3-5-13(16(12)9-15)8-14-10-18-11-19-14/h5-7,9-11H,3-4,8H2,1-2H3,(H,18,19). The summed E-state index contributed by atoms with van der Waals surface area (Å²) in [4.78, 5) is 20.4. The van der Waals surface area contributed by atoms with Crippen LogP contribution in [0.1, 0.15) is 23.2 Å². The highest BCUT2D eigenvalue weighted by atomic mass is 16.5. The van der Waals surface area contributed by atoms with Gasteiger partial charge in [0.25, 0.3) is 0 Å². The van der Waals surface area contributed by atoms with Crippen molar-refractivity contribution in [2.45, 2.75) is 19.3 Å². The number of imidazole rings is 1. The monoisotopic (exact) mass is 297 g/mol. The molecule has 1 aromatic heterocycles. The van der Waals surface area contributed by atoms with Crippen LogP contribution in [0.2, 0.25) is 0 Å². The molecular formula is C17H19N3O2. The van der Waals surface area contributed by atoms with Crippen LogP contribution in [0.3, 0.4) is 0 Å². The fourth-order valence-electron chi connectivity index (χ4n) is 2.80. The molecule has 1 N–H and O–H groups in total. The molecule has 3 rings (SSSR count). The number of benzene rings is 1. The third kappa shape index (κ3) is 2.74. The number of aromatic nitrogens is 2. The van der Waals surface area contributed by atoms with Crippen LogP contribution in [-0.4, -0.2) is 30.2 Å². The van der Waals surface area contributed by atoms with Gasteiger partial charge in [-0.25, -0.2) is 9.78 Å². The van der Waals surface area contributed by atoms with E-state index in [1.807, 2.05) is 12.3 Å². The molecule has 2 aromatic rings. The molecule has 1 heterocycles. The van der Waals surface area contributed by atoms with Gasteiger partial charge in [0, 0.05) is 31.0 Å². The summed E-state index contributed by atoms with van der Waals surface area (Å²) in [7, 11) is 3.11. The molecule has 5 heteroatoms. The van der Waals surface area contributed by atoms with Crippen molar-refractivity contribution in [1.82, 2.24) is 9.97 Å². The summed E-state index contributed by atoms with van der Waals surface area (Å²) in [5.41, 5.74) is 5.72. The van der Waals surface area contributed by atoms with Crippen molar-refractivity contribution in [2.75, 3.05) is 19.1 Å². The van der Waals surface area contributed by atoms with Gasteiger partial charge in [-0.1, -0.05) is 12.1 Å². The third-order valence-electron chi connectivity index (χ3n) is 4.02. The number of nitrogens with zero attached hydrogens (tertiary/aromatic N) is 2. The Bertz CT molecular complexity index is 705. The molecule has 0 atom stereocenters. The van der Waals surface area contributed by atoms with Gasteiger partial charge in [0.2, 0.25) is 0 Å². The average Bonchev–Trinajstić information content (AvgIpc) is 3.06. The number of ether oxygens (including phenoxy) is 1. The largest absolute Gasteiger partial charge is 0.452 e. The number of allylic oxidation sites excluding steroid dienone is 2. The number of aryl methyl sites for hydroxylation is 1. The number of fused-ring (bicyclic) bond motifs is 1. The van der Waals surface area contributed by atoms with E-state index in [-0.39, 0.29) is 6.09 Å². The summed E-state index contributed by atoms with van der Waals surface area (Å²) >= 11 is 0. The first kappa shape index (κ1) is 14.4. The molecule has 22 heavy (non-hydrogen) atoms. The van der Waals surface area contributed by atoms with E-state index in [9.17, 15) is 4.79 Å². The lowest BCUT2D eigenvalue weighted by Crippen LogP contribution is -2.26. The molecule has 0 aliphatic heterocycles. The molecule has 0 saturated carbocycles. The number of nitrogens with one attached hydrogen (secondary N) is 1. The second-order valence-electron chi connectivity index (χ2n) is 5.39. The maximum Gasteiger partial charge on any atom is 0.413 e. The van der Waals surface area contributed by atoms with E-state index in [0.29, 0.717) is 0 Å². The lowest BCUT2D eigenvalue weighted by molar-refractivity contribution is 0.180. The Morgan fingerprint density at radius 3 is 3.05 bits per heavy atom. The van der Waals surface area contributed by atoms with E-state index < -0.39 is 0 Å². The SMILES string of the molecule is COC(=O)N(C)c1ccc2c(c1)C(Cc1cnc[nH]1)=CCC2. The van der Waals surface area contributed by atoms with Crippen LogP contribution in [0.15, 0.2) is 36.8 Å². The van der Waals surface area contributed by atoms with Gasteiger partial charge < -0.3 is 9.72 Å². The molecule has 1 amide bonds. The minimum Gasteiger partial charge on any atom is -0.452 e. The smallest absolute Gasteiger partial charge is 0.413 e. The van der Waals surface area contributed by atoms with Gasteiger partial charge in [0.15, 0.2) is 0 Å². The summed E-state index contributed by atoms with van der Waals surface area (Å²) in [6.07, 6.45) is 8.34. The van der Waals surface area contributed by atoms with Crippen molar-refractivity contribution >= 4 is 17.4 Å². The Morgan fingerprint density at radius 1 is 1.45 bits per heavy atom. The zero-order chi connectivity index (χ0) is 15.5. The second kappa shape index (κ2) is 6.05. The van der Waals surface area contributed by atoms with Crippen LogP contribution in [0.4, 0.5) is 10.5 Å². The number of amides is 1. The first-order valence-corrected chi connectivity index (χ1v) is 7.30. The molecule has 1 aliphatic carbocycles. The molecule has 114 valence electrons. The number of aromatic amines is 1. The summed E-state index contributed by atoms with van der Waals surface area (Å²) < 4.78 is 4.78. The van der Waals surface area contributed by atoms with Crippen LogP contribution < -0.4 is 4.90 Å². The second-order valence-corrected chi connectivity index (χ2v) is 5.39. The predicted octanol–water partition coefficient (Wildman–Crippen LogP) is 3.18. The van der Waals surface area contributed by atoms with Crippen LogP contribution in [-0.2, 0) is 17.6 Å². The molecule has 0 spiro atoms. The first-order valence-electron chi connectivity index (χ1n) is 7.30. The minimum atomic E-state index is -0.366. The number of H-pyrrole nitrogens is 1. The molecule has 0 saturated heterocycles. The Hall–Kier alpha value is -2.56. The Labute approximate surface area is 129 Å². The highest BCUT2D eigenvalue weighted by molar-refractivity contribution is 5.88. The zero-order valence-corrected chi connectivity index (χ0v) is 12.8. The Kier molecular flexibility index (Phi) is 3.96. The Morgan fingerprint density at radius 2 is 2.32 bits per heavy atom. The molecule has 0 unspecified atom stereocenters. The van der Waals surface area contributed by atoms with Crippen LogP contribution >= 0.6 is 0 Å². The molecule has 1 aromatic carbocycles. The number of hydrogen-bond donors (Lipinski definition) is 1. The van der Waals surface area contributed by atoms with E-state index in [4.69, 9.17) is 4.74 Å². The zero-order valence-electron chi connectivity index (χ0n) is 12.8. The van der Waals surface area contributed by atoms with Gasteiger partial charge in [0.05, 0.1) is 13.4 Å². The number of methoxy groups -OCH3 is 1. The maximum absolute atomic E-state index is 11.7. The summed E-state index contributed by atoms with van der Waals surface area (Å²) in [6, 6.07) is 6.13. The fraction of sp³-hybridized carbons (Fsp3) is 0.294. The van der Waals surface area contributed by atoms with Gasteiger partial charge in [0.1, 0.15) is 0 Å². The van der Waals surface area contributed by atoms with Crippen LogP contribution in [0, 0.1) is 0 Å². The highest BCUT2D eigenvalue weighted by Gasteiger charge is 2.17. The molecule has 1 aliphatic rings. The normalized spacial score (nSPS) is 13.3. The Balaban J connectivity index is 1.92. The summed E-state index contributed by atoms with van der Waals surface area (Å²) in [5, 5.41) is 0. The van der Waals surface area contributed by atoms with Gasteiger partial charge in [-0.3, -0.25) is 4.90 Å². The summed E-state index contributed by atoms with van der Waals surface area (Å²) in [6.45, 7) is 0. The van der Waals surface area contributed by atoms with Gasteiger partial charge in [-0.2, -0.15) is 0 Å². The van der Waals surface area contributed by atoms with E-state index >= 15 is 0 Å². The third-order valence-corrected chi connectivity index (χ3v) is 4.02. The van der Waals surface area contributed by atoms with Gasteiger partial charge in [-0.15, -0.1) is 0 Å². The molecule has 0 bridgehead atoms. The lowest BCUT2D eigenvalue weighted by Gasteiger charge is -2.22. The van der Waals surface area contributed by atoms with Crippen molar-refractivity contribution in [3.8, 4) is 0 Å². The van der Waals surface area contributed by atoms with Crippen molar-refractivity contribution < 1.29 is 9.53 Å². The molecule has 0 fully saturated rings.